The molecule has 0 saturated carbocycles. The van der Waals surface area contributed by atoms with Crippen LogP contribution in [0, 0.1) is 12.3 Å². The van der Waals surface area contributed by atoms with Crippen LogP contribution in [0.15, 0.2) is 24.3 Å². The van der Waals surface area contributed by atoms with Crippen LogP contribution in [-0.2, 0) is 4.79 Å². The summed E-state index contributed by atoms with van der Waals surface area (Å²) >= 11 is 1.98. The molecule has 1 saturated heterocycles. The highest BCUT2D eigenvalue weighted by Gasteiger charge is 2.32. The van der Waals surface area contributed by atoms with Crippen LogP contribution in [-0.4, -0.2) is 35.2 Å². The maximum Gasteiger partial charge on any atom is 0.305 e. The van der Waals surface area contributed by atoms with Crippen LogP contribution in [0.25, 0.3) is 0 Å². The molecule has 1 aliphatic heterocycles. The van der Waals surface area contributed by atoms with E-state index in [2.05, 4.69) is 37.8 Å². The maximum atomic E-state index is 11.0. The number of rotatable bonds is 5. The number of carboxylic acid groups (broad SMARTS) is 1. The molecule has 1 aromatic carbocycles. The number of hydrogen-bond donors (Lipinski definition) is 1. The molecule has 116 valence electrons. The maximum absolute atomic E-state index is 11.0. The average Bonchev–Trinajstić information content (AvgIpc) is 2.39. The predicted octanol–water partition coefficient (Wildman–Crippen LogP) is 3.81. The molecule has 0 amide bonds. The topological polar surface area (TPSA) is 40.5 Å². The Bertz CT molecular complexity index is 501. The van der Waals surface area contributed by atoms with Gasteiger partial charge in [-0.25, -0.2) is 0 Å². The third-order valence-corrected chi connectivity index (χ3v) is 5.63. The van der Waals surface area contributed by atoms with Crippen LogP contribution < -0.4 is 4.90 Å². The minimum atomic E-state index is -0.726. The monoisotopic (exact) mass is 307 g/mol. The van der Waals surface area contributed by atoms with Gasteiger partial charge in [-0.05, 0) is 36.1 Å². The Kier molecular flexibility index (Phi) is 5.20. The zero-order valence-electron chi connectivity index (χ0n) is 13.1. The fourth-order valence-electron chi connectivity index (χ4n) is 3.03. The van der Waals surface area contributed by atoms with Crippen molar-refractivity contribution in [3.8, 4) is 0 Å². The number of thioether (sulfide) groups is 1. The second-order valence-electron chi connectivity index (χ2n) is 6.66. The predicted molar refractivity (Wildman–Crippen MR) is 90.3 cm³/mol. The third-order valence-electron chi connectivity index (χ3n) is 4.02. The van der Waals surface area contributed by atoms with Crippen molar-refractivity contribution < 1.29 is 9.90 Å². The molecule has 1 aromatic rings. The lowest BCUT2D eigenvalue weighted by Gasteiger charge is -2.42. The van der Waals surface area contributed by atoms with Gasteiger partial charge in [0.2, 0.25) is 0 Å². The van der Waals surface area contributed by atoms with Gasteiger partial charge in [0.25, 0.3) is 0 Å². The van der Waals surface area contributed by atoms with Gasteiger partial charge in [-0.2, -0.15) is 11.8 Å². The first-order valence-corrected chi connectivity index (χ1v) is 8.66. The third kappa shape index (κ3) is 4.40. The highest BCUT2D eigenvalue weighted by atomic mass is 32.2. The van der Waals surface area contributed by atoms with Crippen molar-refractivity contribution in [1.29, 1.82) is 0 Å². The van der Waals surface area contributed by atoms with Gasteiger partial charge in [0, 0.05) is 24.0 Å². The van der Waals surface area contributed by atoms with Crippen LogP contribution in [0.2, 0.25) is 0 Å². The number of carboxylic acids is 1. The SMILES string of the molecule is Cc1ccccc1N(CCC(=O)O)C1CSCC(C)(C)C1. The summed E-state index contributed by atoms with van der Waals surface area (Å²) in [5.41, 5.74) is 2.72. The quantitative estimate of drug-likeness (QED) is 0.898. The van der Waals surface area contributed by atoms with E-state index in [1.165, 1.54) is 17.0 Å². The van der Waals surface area contributed by atoms with Gasteiger partial charge in [-0.1, -0.05) is 32.0 Å². The Hall–Kier alpha value is -1.16. The van der Waals surface area contributed by atoms with E-state index in [9.17, 15) is 4.79 Å². The molecular formula is C17H25NO2S. The fraction of sp³-hybridized carbons (Fsp3) is 0.588. The summed E-state index contributed by atoms with van der Waals surface area (Å²) in [6, 6.07) is 8.71. The molecular weight excluding hydrogens is 282 g/mol. The fourth-order valence-corrected chi connectivity index (χ4v) is 4.39. The Balaban J connectivity index is 2.23. The van der Waals surface area contributed by atoms with E-state index in [1.54, 1.807) is 0 Å². The van der Waals surface area contributed by atoms with Gasteiger partial charge < -0.3 is 10.0 Å². The smallest absolute Gasteiger partial charge is 0.305 e. The van der Waals surface area contributed by atoms with Gasteiger partial charge in [0.05, 0.1) is 6.42 Å². The van der Waals surface area contributed by atoms with E-state index >= 15 is 0 Å². The first kappa shape index (κ1) is 16.2. The van der Waals surface area contributed by atoms with Crippen LogP contribution in [0.1, 0.15) is 32.3 Å². The summed E-state index contributed by atoms with van der Waals surface area (Å²) in [6.45, 7) is 7.30. The number of hydrogen-bond acceptors (Lipinski definition) is 3. The van der Waals surface area contributed by atoms with Gasteiger partial charge in [-0.3, -0.25) is 4.79 Å². The molecule has 2 rings (SSSR count). The first-order valence-electron chi connectivity index (χ1n) is 7.51. The van der Waals surface area contributed by atoms with Gasteiger partial charge >= 0.3 is 5.97 Å². The minimum Gasteiger partial charge on any atom is -0.481 e. The molecule has 4 heteroatoms. The number of aryl methyl sites for hydroxylation is 1. The Morgan fingerprint density at radius 1 is 1.43 bits per heavy atom. The summed E-state index contributed by atoms with van der Waals surface area (Å²) in [5, 5.41) is 9.05. The van der Waals surface area contributed by atoms with Crippen LogP contribution in [0.4, 0.5) is 5.69 Å². The summed E-state index contributed by atoms with van der Waals surface area (Å²) in [6.07, 6.45) is 1.31. The normalized spacial score (nSPS) is 21.0. The van der Waals surface area contributed by atoms with Gasteiger partial charge in [-0.15, -0.1) is 0 Å². The molecule has 1 N–H and O–H groups in total. The standard InChI is InChI=1S/C17H25NO2S/c1-13-6-4-5-7-15(13)18(9-8-16(19)20)14-10-17(2,3)12-21-11-14/h4-7,14H,8-12H2,1-3H3,(H,19,20). The van der Waals surface area contributed by atoms with E-state index in [0.717, 1.165) is 12.2 Å². The average molecular weight is 307 g/mol. The molecule has 0 bridgehead atoms. The summed E-state index contributed by atoms with van der Waals surface area (Å²) in [7, 11) is 0. The van der Waals surface area contributed by atoms with Crippen molar-refractivity contribution in [3.63, 3.8) is 0 Å². The van der Waals surface area contributed by atoms with E-state index in [-0.39, 0.29) is 6.42 Å². The molecule has 0 radical (unpaired) electrons. The first-order chi connectivity index (χ1) is 9.89. The highest BCUT2D eigenvalue weighted by Crippen LogP contribution is 2.37. The van der Waals surface area contributed by atoms with Gasteiger partial charge in [0.15, 0.2) is 0 Å². The van der Waals surface area contributed by atoms with E-state index < -0.39 is 5.97 Å². The molecule has 21 heavy (non-hydrogen) atoms. The Morgan fingerprint density at radius 3 is 2.76 bits per heavy atom. The number of aliphatic carboxylic acids is 1. The molecule has 1 aliphatic rings. The van der Waals surface area contributed by atoms with Crippen molar-refractivity contribution in [2.24, 2.45) is 5.41 Å². The number of benzene rings is 1. The highest BCUT2D eigenvalue weighted by molar-refractivity contribution is 7.99. The molecule has 1 fully saturated rings. The van der Waals surface area contributed by atoms with Crippen molar-refractivity contribution >= 4 is 23.4 Å². The lowest BCUT2D eigenvalue weighted by atomic mass is 9.87. The molecule has 0 aromatic heterocycles. The van der Waals surface area contributed by atoms with Crippen LogP contribution in [0.5, 0.6) is 0 Å². The Morgan fingerprint density at radius 2 is 2.14 bits per heavy atom. The molecule has 1 atom stereocenters. The van der Waals surface area contributed by atoms with Crippen LogP contribution in [0.3, 0.4) is 0 Å². The molecule has 1 unspecified atom stereocenters. The zero-order valence-corrected chi connectivity index (χ0v) is 13.9. The minimum absolute atomic E-state index is 0.190. The van der Waals surface area contributed by atoms with Crippen molar-refractivity contribution in [3.05, 3.63) is 29.8 Å². The van der Waals surface area contributed by atoms with Gasteiger partial charge in [0.1, 0.15) is 0 Å². The zero-order chi connectivity index (χ0) is 15.5. The summed E-state index contributed by atoms with van der Waals surface area (Å²) < 4.78 is 0. The van der Waals surface area contributed by atoms with Crippen molar-refractivity contribution in [2.75, 3.05) is 23.0 Å². The lowest BCUT2D eigenvalue weighted by Crippen LogP contribution is -2.45. The molecule has 0 aliphatic carbocycles. The lowest BCUT2D eigenvalue weighted by molar-refractivity contribution is -0.136. The number of nitrogens with zero attached hydrogens (tertiary/aromatic N) is 1. The summed E-state index contributed by atoms with van der Waals surface area (Å²) in [5.74, 6) is 1.54. The largest absolute Gasteiger partial charge is 0.481 e. The second kappa shape index (κ2) is 6.73. The van der Waals surface area contributed by atoms with Crippen LogP contribution >= 0.6 is 11.8 Å². The molecule has 1 heterocycles. The second-order valence-corrected chi connectivity index (χ2v) is 7.69. The van der Waals surface area contributed by atoms with Crippen molar-refractivity contribution in [1.82, 2.24) is 0 Å². The van der Waals surface area contributed by atoms with Crippen molar-refractivity contribution in [2.45, 2.75) is 39.7 Å². The Labute approximate surface area is 131 Å². The van der Waals surface area contributed by atoms with E-state index in [4.69, 9.17) is 5.11 Å². The van der Waals surface area contributed by atoms with E-state index in [1.807, 2.05) is 23.9 Å². The van der Waals surface area contributed by atoms with E-state index in [0.29, 0.717) is 18.0 Å². The number of anilines is 1. The number of para-hydroxylation sites is 1. The summed E-state index contributed by atoms with van der Waals surface area (Å²) in [4.78, 5) is 13.3. The molecule has 3 nitrogen and oxygen atoms in total. The molecule has 0 spiro atoms. The number of carbonyl (C=O) groups is 1.